The molecule has 0 aliphatic heterocycles. The fraction of sp³-hybridized carbons (Fsp3) is 0.185. The maximum atomic E-state index is 12.9. The van der Waals surface area contributed by atoms with E-state index in [9.17, 15) is 19.2 Å². The quantitative estimate of drug-likeness (QED) is 0.109. The van der Waals surface area contributed by atoms with Crippen LogP contribution in [-0.2, 0) is 27.4 Å². The van der Waals surface area contributed by atoms with Gasteiger partial charge in [0.15, 0.2) is 0 Å². The van der Waals surface area contributed by atoms with Crippen molar-refractivity contribution in [2.75, 3.05) is 0 Å². The monoisotopic (exact) mass is 504 g/mol. The highest BCUT2D eigenvalue weighted by Crippen LogP contribution is 2.16. The lowest BCUT2D eigenvalue weighted by Crippen LogP contribution is -2.54. The lowest BCUT2D eigenvalue weighted by atomic mass is 10.0. The molecule has 37 heavy (non-hydrogen) atoms. The molecule has 0 radical (unpaired) electrons. The van der Waals surface area contributed by atoms with Crippen molar-refractivity contribution in [1.82, 2.24) is 16.1 Å². The molecule has 3 amide bonds. The molecule has 192 valence electrons. The van der Waals surface area contributed by atoms with Crippen molar-refractivity contribution in [2.24, 2.45) is 5.84 Å². The lowest BCUT2D eigenvalue weighted by Gasteiger charge is -2.21. The molecule has 3 aromatic rings. The van der Waals surface area contributed by atoms with Gasteiger partial charge in [0, 0.05) is 6.42 Å². The zero-order chi connectivity index (χ0) is 26.6. The smallest absolute Gasteiger partial charge is 0.408 e. The van der Waals surface area contributed by atoms with Crippen LogP contribution in [0.25, 0.3) is 0 Å². The van der Waals surface area contributed by atoms with Gasteiger partial charge in [-0.2, -0.15) is 0 Å². The number of hydrogen-bond donors (Lipinski definition) is 4. The first-order valence-electron chi connectivity index (χ1n) is 11.5. The number of hydrogen-bond acceptors (Lipinski definition) is 7. The third-order valence-corrected chi connectivity index (χ3v) is 5.30. The number of amides is 3. The fourth-order valence-corrected chi connectivity index (χ4v) is 3.29. The number of nitrogens with two attached hydrogens (primary N) is 1. The summed E-state index contributed by atoms with van der Waals surface area (Å²) in [5.74, 6) is 3.76. The summed E-state index contributed by atoms with van der Waals surface area (Å²) in [5.41, 5.74) is 3.83. The molecule has 10 nitrogen and oxygen atoms in total. The summed E-state index contributed by atoms with van der Waals surface area (Å²) in [6.07, 6.45) is -0.718. The van der Waals surface area contributed by atoms with E-state index in [1.165, 1.54) is 6.92 Å². The van der Waals surface area contributed by atoms with Crippen LogP contribution in [0.1, 0.15) is 28.4 Å². The van der Waals surface area contributed by atoms with Crippen molar-refractivity contribution >= 4 is 23.9 Å². The van der Waals surface area contributed by atoms with Crippen molar-refractivity contribution < 1.29 is 28.7 Å². The van der Waals surface area contributed by atoms with Gasteiger partial charge in [-0.05, 0) is 42.3 Å². The number of carbonyl (C=O) groups is 4. The van der Waals surface area contributed by atoms with Crippen LogP contribution < -0.4 is 26.6 Å². The normalized spacial score (nSPS) is 11.9. The van der Waals surface area contributed by atoms with E-state index in [1.54, 1.807) is 66.7 Å². The average Bonchev–Trinajstić information content (AvgIpc) is 2.93. The summed E-state index contributed by atoms with van der Waals surface area (Å²) in [6, 6.07) is 22.2. The van der Waals surface area contributed by atoms with Gasteiger partial charge in [-0.3, -0.25) is 15.0 Å². The van der Waals surface area contributed by atoms with E-state index in [1.807, 2.05) is 23.6 Å². The maximum absolute atomic E-state index is 12.9. The van der Waals surface area contributed by atoms with Gasteiger partial charge in [-0.15, -0.1) is 0 Å². The van der Waals surface area contributed by atoms with Crippen molar-refractivity contribution in [3.8, 4) is 5.75 Å². The van der Waals surface area contributed by atoms with Crippen molar-refractivity contribution in [3.63, 3.8) is 0 Å². The number of carbonyl (C=O) groups excluding carboxylic acids is 4. The molecule has 0 bridgehead atoms. The molecule has 0 saturated heterocycles. The number of benzene rings is 3. The third kappa shape index (κ3) is 8.48. The van der Waals surface area contributed by atoms with Crippen LogP contribution in [0.2, 0.25) is 0 Å². The molecule has 2 atom stereocenters. The summed E-state index contributed by atoms with van der Waals surface area (Å²) >= 11 is 0. The Morgan fingerprint density at radius 3 is 2.03 bits per heavy atom. The minimum atomic E-state index is -1.06. The van der Waals surface area contributed by atoms with Crippen LogP contribution in [-0.4, -0.2) is 36.0 Å². The maximum Gasteiger partial charge on any atom is 0.408 e. The molecule has 0 unspecified atom stereocenters. The second-order valence-electron chi connectivity index (χ2n) is 8.10. The van der Waals surface area contributed by atoms with Gasteiger partial charge in [0.1, 0.15) is 24.4 Å². The van der Waals surface area contributed by atoms with E-state index in [2.05, 4.69) is 10.6 Å². The summed E-state index contributed by atoms with van der Waals surface area (Å²) in [6.45, 7) is 1.48. The first-order chi connectivity index (χ1) is 17.9. The predicted molar refractivity (Wildman–Crippen MR) is 135 cm³/mol. The van der Waals surface area contributed by atoms with Crippen LogP contribution in [0.5, 0.6) is 5.75 Å². The highest BCUT2D eigenvalue weighted by molar-refractivity contribution is 5.91. The number of hydrazine groups is 1. The number of esters is 1. The predicted octanol–water partition coefficient (Wildman–Crippen LogP) is 2.24. The molecule has 0 saturated carbocycles. The second-order valence-corrected chi connectivity index (χ2v) is 8.10. The Balaban J connectivity index is 1.66. The molecule has 10 heteroatoms. The standard InChI is InChI=1S/C27H28N4O6/c1-18(24(32)31-28)29-25(33)23(30-27(35)36-17-20-8-4-2-5-9-20)16-19-12-14-22(15-13-19)37-26(34)21-10-6-3-7-11-21/h2-15,18,23H,16-17,28H2,1H3,(H,29,33)(H,30,35)(H,31,32)/t18-,23+/m1/s1. The molecule has 3 aromatic carbocycles. The van der Waals surface area contributed by atoms with Gasteiger partial charge in [0.05, 0.1) is 5.56 Å². The van der Waals surface area contributed by atoms with Crippen molar-refractivity contribution in [2.45, 2.75) is 32.0 Å². The molecular weight excluding hydrogens is 476 g/mol. The molecular formula is C27H28N4O6. The van der Waals surface area contributed by atoms with Crippen LogP contribution in [0.3, 0.4) is 0 Å². The SMILES string of the molecule is C[C@@H](NC(=O)[C@H](Cc1ccc(OC(=O)c2ccccc2)cc1)NC(=O)OCc1ccccc1)C(=O)NN. The van der Waals surface area contributed by atoms with Crippen LogP contribution in [0.15, 0.2) is 84.9 Å². The second kappa shape index (κ2) is 13.4. The number of alkyl carbamates (subject to hydrolysis) is 1. The molecule has 0 aliphatic carbocycles. The highest BCUT2D eigenvalue weighted by atomic mass is 16.5. The summed E-state index contributed by atoms with van der Waals surface area (Å²) in [7, 11) is 0. The van der Waals surface area contributed by atoms with Crippen molar-refractivity contribution in [3.05, 3.63) is 102 Å². The Bertz CT molecular complexity index is 1200. The average molecular weight is 505 g/mol. The summed E-state index contributed by atoms with van der Waals surface area (Å²) in [5, 5.41) is 5.06. The minimum absolute atomic E-state index is 0.0223. The molecule has 0 spiro atoms. The Kier molecular flexibility index (Phi) is 9.74. The lowest BCUT2D eigenvalue weighted by molar-refractivity contribution is -0.129. The van der Waals surface area contributed by atoms with Gasteiger partial charge in [0.25, 0.3) is 5.91 Å². The fourth-order valence-electron chi connectivity index (χ4n) is 3.29. The van der Waals surface area contributed by atoms with Crippen LogP contribution >= 0.6 is 0 Å². The van der Waals surface area contributed by atoms with Crippen LogP contribution in [0, 0.1) is 0 Å². The van der Waals surface area contributed by atoms with E-state index >= 15 is 0 Å². The topological polar surface area (TPSA) is 149 Å². The Hall–Kier alpha value is -4.70. The van der Waals surface area contributed by atoms with Gasteiger partial charge < -0.3 is 20.1 Å². The molecule has 0 heterocycles. The molecule has 5 N–H and O–H groups in total. The number of nitrogens with one attached hydrogen (secondary N) is 3. The van der Waals surface area contributed by atoms with E-state index in [0.29, 0.717) is 16.9 Å². The molecule has 3 rings (SSSR count). The largest absolute Gasteiger partial charge is 0.445 e. The van der Waals surface area contributed by atoms with Gasteiger partial charge in [0.2, 0.25) is 5.91 Å². The minimum Gasteiger partial charge on any atom is -0.445 e. The zero-order valence-corrected chi connectivity index (χ0v) is 20.2. The highest BCUT2D eigenvalue weighted by Gasteiger charge is 2.25. The van der Waals surface area contributed by atoms with Gasteiger partial charge in [-0.1, -0.05) is 60.7 Å². The first-order valence-corrected chi connectivity index (χ1v) is 11.5. The third-order valence-electron chi connectivity index (χ3n) is 5.30. The van der Waals surface area contributed by atoms with E-state index in [4.69, 9.17) is 15.3 Å². The molecule has 0 aliphatic rings. The van der Waals surface area contributed by atoms with E-state index in [-0.39, 0.29) is 13.0 Å². The first kappa shape index (κ1) is 26.9. The Labute approximate surface area is 214 Å². The zero-order valence-electron chi connectivity index (χ0n) is 20.2. The number of rotatable bonds is 10. The van der Waals surface area contributed by atoms with Gasteiger partial charge in [-0.25, -0.2) is 15.4 Å². The summed E-state index contributed by atoms with van der Waals surface area (Å²) in [4.78, 5) is 49.3. The van der Waals surface area contributed by atoms with Crippen LogP contribution in [0.4, 0.5) is 4.79 Å². The Morgan fingerprint density at radius 1 is 0.784 bits per heavy atom. The van der Waals surface area contributed by atoms with Crippen molar-refractivity contribution in [1.29, 1.82) is 0 Å². The molecule has 0 aromatic heterocycles. The van der Waals surface area contributed by atoms with E-state index in [0.717, 1.165) is 5.56 Å². The Morgan fingerprint density at radius 2 is 1.41 bits per heavy atom. The summed E-state index contributed by atoms with van der Waals surface area (Å²) < 4.78 is 10.6. The number of ether oxygens (including phenoxy) is 2. The van der Waals surface area contributed by atoms with E-state index < -0.39 is 36.0 Å². The molecule has 0 fully saturated rings. The van der Waals surface area contributed by atoms with Gasteiger partial charge >= 0.3 is 12.1 Å².